The summed E-state index contributed by atoms with van der Waals surface area (Å²) in [5.74, 6) is -0.854. The van der Waals surface area contributed by atoms with E-state index in [1.54, 1.807) is 13.8 Å². The first-order chi connectivity index (χ1) is 3.55. The van der Waals surface area contributed by atoms with Crippen LogP contribution in [0.4, 0.5) is 0 Å². The largest absolute Gasteiger partial charge is 1.00 e. The number of aliphatic carboxylic acids is 1. The van der Waals surface area contributed by atoms with E-state index in [2.05, 4.69) is 6.58 Å². The molecule has 0 amide bonds. The van der Waals surface area contributed by atoms with Gasteiger partial charge in [-0.15, -0.1) is 0 Å². The quantitative estimate of drug-likeness (QED) is 0.368. The van der Waals surface area contributed by atoms with Crippen molar-refractivity contribution in [1.29, 1.82) is 0 Å². The Morgan fingerprint density at radius 3 is 2.00 bits per heavy atom. The molecule has 0 saturated carbocycles. The Bertz CT molecular complexity index is 123. The van der Waals surface area contributed by atoms with Crippen molar-refractivity contribution in [3.8, 4) is 0 Å². The maximum absolute atomic E-state index is 10.0. The van der Waals surface area contributed by atoms with Gasteiger partial charge in [0.15, 0.2) is 0 Å². The molecule has 0 saturated heterocycles. The van der Waals surface area contributed by atoms with Gasteiger partial charge in [0, 0.05) is 5.57 Å². The molecule has 0 radical (unpaired) electrons. The first-order valence-corrected chi connectivity index (χ1v) is 2.47. The molecule has 0 aliphatic heterocycles. The number of hydrogen-bond donors (Lipinski definition) is 1. The normalized spacial score (nSPS) is 8.33. The van der Waals surface area contributed by atoms with Crippen LogP contribution in [-0.4, -0.2) is 11.1 Å². The van der Waals surface area contributed by atoms with Crippen LogP contribution in [-0.2, 0) is 4.79 Å². The summed E-state index contributed by atoms with van der Waals surface area (Å²) in [6, 6.07) is 0. The number of carbonyl (C=O) groups is 1. The summed E-state index contributed by atoms with van der Waals surface area (Å²) in [4.78, 5) is 10.0. The minimum atomic E-state index is -0.903. The molecule has 3 heteroatoms. The number of rotatable bonds is 2. The van der Waals surface area contributed by atoms with Crippen molar-refractivity contribution < 1.29 is 40.9 Å². The molecule has 0 heterocycles. The van der Waals surface area contributed by atoms with Gasteiger partial charge >= 0.3 is 35.5 Å². The molecule has 0 bridgehead atoms. The van der Waals surface area contributed by atoms with E-state index in [0.29, 0.717) is 0 Å². The Labute approximate surface area is 78.7 Å². The van der Waals surface area contributed by atoms with E-state index in [9.17, 15) is 4.79 Å². The van der Waals surface area contributed by atoms with E-state index < -0.39 is 5.97 Å². The van der Waals surface area contributed by atoms with Crippen LogP contribution in [0, 0.1) is 5.92 Å². The third-order valence-corrected chi connectivity index (χ3v) is 0.972. The average Bonchev–Trinajstić information content (AvgIpc) is 1.64. The smallest absolute Gasteiger partial charge is 1.00 e. The van der Waals surface area contributed by atoms with Crippen molar-refractivity contribution in [3.05, 3.63) is 12.2 Å². The minimum Gasteiger partial charge on any atom is -1.00 e. The summed E-state index contributed by atoms with van der Waals surface area (Å²) < 4.78 is 0. The standard InChI is InChI=1S/C6H10O2.Na.H/c1-4(2)5(3)6(7)8;;/h4H,3H2,1-2H3,(H,7,8);;/q;+1;-1. The number of carboxylic acid groups (broad SMARTS) is 1. The Kier molecular flexibility index (Phi) is 6.68. The van der Waals surface area contributed by atoms with Crippen molar-refractivity contribution in [3.63, 3.8) is 0 Å². The molecule has 0 fully saturated rings. The first kappa shape index (κ1) is 11.9. The van der Waals surface area contributed by atoms with Crippen LogP contribution in [0.1, 0.15) is 15.3 Å². The summed E-state index contributed by atoms with van der Waals surface area (Å²) in [5.41, 5.74) is 0.269. The Balaban J connectivity index is -0.000000245. The maximum atomic E-state index is 10.0. The second kappa shape index (κ2) is 5.03. The van der Waals surface area contributed by atoms with Crippen molar-refractivity contribution >= 4 is 5.97 Å². The second-order valence-corrected chi connectivity index (χ2v) is 1.99. The van der Waals surface area contributed by atoms with Crippen LogP contribution in [0.25, 0.3) is 0 Å². The van der Waals surface area contributed by atoms with E-state index in [-0.39, 0.29) is 42.5 Å². The van der Waals surface area contributed by atoms with Crippen molar-refractivity contribution in [2.45, 2.75) is 13.8 Å². The van der Waals surface area contributed by atoms with Gasteiger partial charge in [0.25, 0.3) is 0 Å². The van der Waals surface area contributed by atoms with Crippen molar-refractivity contribution in [1.82, 2.24) is 0 Å². The van der Waals surface area contributed by atoms with Gasteiger partial charge in [-0.05, 0) is 5.92 Å². The third kappa shape index (κ3) is 4.70. The molecule has 0 atom stereocenters. The molecule has 2 nitrogen and oxygen atoms in total. The Hall–Kier alpha value is 0.210. The molecule has 0 aliphatic rings. The van der Waals surface area contributed by atoms with Gasteiger partial charge in [-0.25, -0.2) is 4.79 Å². The average molecular weight is 138 g/mol. The predicted molar refractivity (Wildman–Crippen MR) is 32.7 cm³/mol. The zero-order chi connectivity index (χ0) is 6.73. The fraction of sp³-hybridized carbons (Fsp3) is 0.500. The fourth-order valence-corrected chi connectivity index (χ4v) is 0.247. The van der Waals surface area contributed by atoms with Gasteiger partial charge in [0.05, 0.1) is 0 Å². The summed E-state index contributed by atoms with van der Waals surface area (Å²) >= 11 is 0. The molecule has 0 aromatic heterocycles. The molecule has 0 aromatic carbocycles. The van der Waals surface area contributed by atoms with E-state index in [0.717, 1.165) is 0 Å². The summed E-state index contributed by atoms with van der Waals surface area (Å²) in [6.07, 6.45) is 0. The number of hydrogen-bond acceptors (Lipinski definition) is 1. The SMILES string of the molecule is C=C(C(=O)O)C(C)C.[H-].[Na+]. The zero-order valence-corrected chi connectivity index (χ0v) is 8.14. The Morgan fingerprint density at radius 1 is 1.67 bits per heavy atom. The van der Waals surface area contributed by atoms with E-state index >= 15 is 0 Å². The summed E-state index contributed by atoms with van der Waals surface area (Å²) in [5, 5.41) is 8.25. The molecule has 9 heavy (non-hydrogen) atoms. The molecule has 0 unspecified atom stereocenters. The topological polar surface area (TPSA) is 37.3 Å². The van der Waals surface area contributed by atoms with Crippen LogP contribution < -0.4 is 29.6 Å². The molecular formula is C6H11NaO2. The van der Waals surface area contributed by atoms with Crippen LogP contribution >= 0.6 is 0 Å². The monoisotopic (exact) mass is 138 g/mol. The fourth-order valence-electron chi connectivity index (χ4n) is 0.247. The van der Waals surface area contributed by atoms with Crippen molar-refractivity contribution in [2.75, 3.05) is 0 Å². The van der Waals surface area contributed by atoms with Gasteiger partial charge in [-0.3, -0.25) is 0 Å². The minimum absolute atomic E-state index is 0. The van der Waals surface area contributed by atoms with Gasteiger partial charge in [-0.1, -0.05) is 20.4 Å². The zero-order valence-electron chi connectivity index (χ0n) is 7.14. The summed E-state index contributed by atoms with van der Waals surface area (Å²) in [6.45, 7) is 6.96. The van der Waals surface area contributed by atoms with Gasteiger partial charge in [0.1, 0.15) is 0 Å². The van der Waals surface area contributed by atoms with E-state index in [1.165, 1.54) is 0 Å². The summed E-state index contributed by atoms with van der Waals surface area (Å²) in [7, 11) is 0. The third-order valence-electron chi connectivity index (χ3n) is 0.972. The Morgan fingerprint density at radius 2 is 2.00 bits per heavy atom. The predicted octanol–water partition coefficient (Wildman–Crippen LogP) is -1.60. The van der Waals surface area contributed by atoms with Crippen molar-refractivity contribution in [2.24, 2.45) is 5.92 Å². The van der Waals surface area contributed by atoms with Crippen LogP contribution in [0.15, 0.2) is 12.2 Å². The molecule has 48 valence electrons. The molecular weight excluding hydrogens is 127 g/mol. The second-order valence-electron chi connectivity index (χ2n) is 1.99. The van der Waals surface area contributed by atoms with Gasteiger partial charge in [-0.2, -0.15) is 0 Å². The molecule has 0 rings (SSSR count). The van der Waals surface area contributed by atoms with Crippen LogP contribution in [0.3, 0.4) is 0 Å². The first-order valence-electron chi connectivity index (χ1n) is 2.47. The van der Waals surface area contributed by atoms with E-state index in [4.69, 9.17) is 5.11 Å². The molecule has 0 spiro atoms. The van der Waals surface area contributed by atoms with Crippen LogP contribution in [0.5, 0.6) is 0 Å². The van der Waals surface area contributed by atoms with Crippen LogP contribution in [0.2, 0.25) is 0 Å². The number of carboxylic acids is 1. The van der Waals surface area contributed by atoms with Gasteiger partial charge in [0.2, 0.25) is 0 Å². The molecule has 0 aliphatic carbocycles. The molecule has 0 aromatic rings. The maximum Gasteiger partial charge on any atom is 1.00 e. The molecule has 1 N–H and O–H groups in total. The van der Waals surface area contributed by atoms with E-state index in [1.807, 2.05) is 0 Å². The van der Waals surface area contributed by atoms with Gasteiger partial charge < -0.3 is 6.53 Å².